The average molecular weight is 332 g/mol. The predicted molar refractivity (Wildman–Crippen MR) is 83.9 cm³/mol. The first-order chi connectivity index (χ1) is 9.25. The lowest BCUT2D eigenvalue weighted by Crippen LogP contribution is -1.78. The molecule has 0 amide bonds. The fourth-order valence-electron chi connectivity index (χ4n) is 2.58. The van der Waals surface area contributed by atoms with E-state index in [1.54, 1.807) is 0 Å². The predicted octanol–water partition coefficient (Wildman–Crippen LogP) is 6.16. The van der Waals surface area contributed by atoms with Crippen molar-refractivity contribution < 1.29 is 4.42 Å². The summed E-state index contributed by atoms with van der Waals surface area (Å²) in [5.74, 6) is 0. The minimum Gasteiger partial charge on any atom is -0.456 e. The largest absolute Gasteiger partial charge is 0.456 e. The van der Waals surface area contributed by atoms with E-state index in [1.165, 1.54) is 0 Å². The molecule has 0 aliphatic heterocycles. The van der Waals surface area contributed by atoms with E-state index in [2.05, 4.69) is 22.0 Å². The van der Waals surface area contributed by atoms with Crippen molar-refractivity contribution in [2.45, 2.75) is 0 Å². The van der Waals surface area contributed by atoms with E-state index in [0.717, 1.165) is 42.2 Å². The highest BCUT2D eigenvalue weighted by molar-refractivity contribution is 9.10. The first kappa shape index (κ1) is 11.3. The van der Waals surface area contributed by atoms with Gasteiger partial charge in [-0.25, -0.2) is 0 Å². The van der Waals surface area contributed by atoms with Crippen molar-refractivity contribution in [1.82, 2.24) is 0 Å². The van der Waals surface area contributed by atoms with E-state index >= 15 is 0 Å². The van der Waals surface area contributed by atoms with Crippen molar-refractivity contribution >= 4 is 60.2 Å². The van der Waals surface area contributed by atoms with Gasteiger partial charge in [0, 0.05) is 31.0 Å². The zero-order valence-corrected chi connectivity index (χ0v) is 12.1. The number of para-hydroxylation sites is 1. The molecule has 0 bridgehead atoms. The molecule has 0 aliphatic carbocycles. The molecule has 4 aromatic rings. The number of furan rings is 1. The maximum absolute atomic E-state index is 6.30. The van der Waals surface area contributed by atoms with Gasteiger partial charge in [0.05, 0.1) is 0 Å². The van der Waals surface area contributed by atoms with Crippen molar-refractivity contribution in [3.05, 3.63) is 58.0 Å². The maximum Gasteiger partial charge on any atom is 0.136 e. The Labute approximate surface area is 122 Å². The molecule has 0 unspecified atom stereocenters. The highest BCUT2D eigenvalue weighted by Crippen LogP contribution is 2.40. The molecule has 1 heterocycles. The van der Waals surface area contributed by atoms with E-state index in [9.17, 15) is 0 Å². The standard InChI is InChI=1S/C16H8BrClO/c17-11-6-7-12(18)9-5-8-14-16(15(9)11)10-3-1-2-4-13(10)19-14/h1-8H. The van der Waals surface area contributed by atoms with Gasteiger partial charge in [-0.15, -0.1) is 0 Å². The second-order valence-electron chi connectivity index (χ2n) is 4.49. The van der Waals surface area contributed by atoms with Crippen molar-refractivity contribution in [3.63, 3.8) is 0 Å². The van der Waals surface area contributed by atoms with Crippen LogP contribution in [0.5, 0.6) is 0 Å². The van der Waals surface area contributed by atoms with Crippen LogP contribution in [0, 0.1) is 0 Å². The minimum atomic E-state index is 0.755. The summed E-state index contributed by atoms with van der Waals surface area (Å²) in [6, 6.07) is 15.9. The molecule has 3 heteroatoms. The van der Waals surface area contributed by atoms with Gasteiger partial charge in [-0.3, -0.25) is 0 Å². The van der Waals surface area contributed by atoms with Gasteiger partial charge in [-0.05, 0) is 30.3 Å². The van der Waals surface area contributed by atoms with Crippen molar-refractivity contribution in [2.24, 2.45) is 0 Å². The quantitative estimate of drug-likeness (QED) is 0.376. The summed E-state index contributed by atoms with van der Waals surface area (Å²) >= 11 is 9.92. The Morgan fingerprint density at radius 2 is 1.63 bits per heavy atom. The summed E-state index contributed by atoms with van der Waals surface area (Å²) in [6.07, 6.45) is 0. The van der Waals surface area contributed by atoms with E-state index in [0.29, 0.717) is 0 Å². The lowest BCUT2D eigenvalue weighted by atomic mass is 10.0. The topological polar surface area (TPSA) is 13.1 Å². The van der Waals surface area contributed by atoms with E-state index in [4.69, 9.17) is 16.0 Å². The minimum absolute atomic E-state index is 0.755. The van der Waals surface area contributed by atoms with Crippen LogP contribution in [0.4, 0.5) is 0 Å². The zero-order chi connectivity index (χ0) is 13.0. The molecule has 0 saturated carbocycles. The van der Waals surface area contributed by atoms with Gasteiger partial charge in [0.25, 0.3) is 0 Å². The molecule has 0 atom stereocenters. The second kappa shape index (κ2) is 3.99. The number of hydrogen-bond acceptors (Lipinski definition) is 1. The maximum atomic E-state index is 6.30. The fourth-order valence-corrected chi connectivity index (χ4v) is 3.35. The molecule has 0 fully saturated rings. The molecular weight excluding hydrogens is 324 g/mol. The van der Waals surface area contributed by atoms with Crippen molar-refractivity contribution in [3.8, 4) is 0 Å². The molecular formula is C16H8BrClO. The molecule has 0 radical (unpaired) electrons. The van der Waals surface area contributed by atoms with Gasteiger partial charge >= 0.3 is 0 Å². The van der Waals surface area contributed by atoms with Gasteiger partial charge in [0.15, 0.2) is 0 Å². The smallest absolute Gasteiger partial charge is 0.136 e. The molecule has 0 spiro atoms. The summed E-state index contributed by atoms with van der Waals surface area (Å²) < 4.78 is 6.92. The highest BCUT2D eigenvalue weighted by atomic mass is 79.9. The number of benzene rings is 3. The third kappa shape index (κ3) is 1.54. The number of halogens is 2. The summed E-state index contributed by atoms with van der Waals surface area (Å²) in [4.78, 5) is 0. The van der Waals surface area contributed by atoms with Crippen LogP contribution in [0.2, 0.25) is 5.02 Å². The van der Waals surface area contributed by atoms with E-state index in [1.807, 2.05) is 42.5 Å². The summed E-state index contributed by atoms with van der Waals surface area (Å²) in [5, 5.41) is 5.13. The first-order valence-corrected chi connectivity index (χ1v) is 7.11. The van der Waals surface area contributed by atoms with Crippen molar-refractivity contribution in [1.29, 1.82) is 0 Å². The Kier molecular flexibility index (Phi) is 2.38. The van der Waals surface area contributed by atoms with Crippen LogP contribution in [-0.2, 0) is 0 Å². The number of rotatable bonds is 0. The summed E-state index contributed by atoms with van der Waals surface area (Å²) in [5.41, 5.74) is 1.79. The Morgan fingerprint density at radius 1 is 0.789 bits per heavy atom. The lowest BCUT2D eigenvalue weighted by Gasteiger charge is -2.04. The number of hydrogen-bond donors (Lipinski definition) is 0. The SMILES string of the molecule is Clc1ccc(Br)c2c1ccc1oc3ccccc3c12. The van der Waals surface area contributed by atoms with Crippen LogP contribution in [0.3, 0.4) is 0 Å². The Balaban J connectivity index is 2.40. The van der Waals surface area contributed by atoms with Crippen molar-refractivity contribution in [2.75, 3.05) is 0 Å². The Hall–Kier alpha value is -1.51. The van der Waals surface area contributed by atoms with E-state index in [-0.39, 0.29) is 0 Å². The lowest BCUT2D eigenvalue weighted by molar-refractivity contribution is 0.669. The third-order valence-corrected chi connectivity index (χ3v) is 4.41. The molecule has 0 N–H and O–H groups in total. The van der Waals surface area contributed by atoms with Crippen LogP contribution in [0.15, 0.2) is 57.4 Å². The van der Waals surface area contributed by atoms with Crippen LogP contribution in [0.1, 0.15) is 0 Å². The summed E-state index contributed by atoms with van der Waals surface area (Å²) in [6.45, 7) is 0. The van der Waals surface area contributed by atoms with Gasteiger partial charge in [0.2, 0.25) is 0 Å². The van der Waals surface area contributed by atoms with Crippen LogP contribution < -0.4 is 0 Å². The van der Waals surface area contributed by atoms with Gasteiger partial charge < -0.3 is 4.42 Å². The molecule has 0 saturated heterocycles. The van der Waals surface area contributed by atoms with Crippen LogP contribution in [-0.4, -0.2) is 0 Å². The van der Waals surface area contributed by atoms with Crippen LogP contribution in [0.25, 0.3) is 32.7 Å². The highest BCUT2D eigenvalue weighted by Gasteiger charge is 2.13. The molecule has 1 nitrogen and oxygen atoms in total. The molecule has 1 aromatic heterocycles. The zero-order valence-electron chi connectivity index (χ0n) is 9.78. The summed E-state index contributed by atoms with van der Waals surface area (Å²) in [7, 11) is 0. The molecule has 19 heavy (non-hydrogen) atoms. The molecule has 92 valence electrons. The molecule has 3 aromatic carbocycles. The monoisotopic (exact) mass is 330 g/mol. The molecule has 0 aliphatic rings. The molecule has 4 rings (SSSR count). The van der Waals surface area contributed by atoms with Gasteiger partial charge in [0.1, 0.15) is 11.2 Å². The fraction of sp³-hybridized carbons (Fsp3) is 0. The third-order valence-electron chi connectivity index (χ3n) is 3.42. The number of fused-ring (bicyclic) bond motifs is 5. The average Bonchev–Trinajstić information content (AvgIpc) is 2.81. The second-order valence-corrected chi connectivity index (χ2v) is 5.75. The van der Waals surface area contributed by atoms with Gasteiger partial charge in [-0.2, -0.15) is 0 Å². The Bertz CT molecular complexity index is 940. The van der Waals surface area contributed by atoms with Gasteiger partial charge in [-0.1, -0.05) is 45.7 Å². The van der Waals surface area contributed by atoms with Crippen LogP contribution >= 0.6 is 27.5 Å². The first-order valence-electron chi connectivity index (χ1n) is 5.93. The van der Waals surface area contributed by atoms with E-state index < -0.39 is 0 Å². The Morgan fingerprint density at radius 3 is 2.53 bits per heavy atom. The normalized spacial score (nSPS) is 11.7.